The molecule has 0 aliphatic rings. The Morgan fingerprint density at radius 2 is 1.86 bits per heavy atom. The van der Waals surface area contributed by atoms with Gasteiger partial charge in [-0.25, -0.2) is 0 Å². The molecule has 0 saturated heterocycles. The summed E-state index contributed by atoms with van der Waals surface area (Å²) in [4.78, 5) is 12.1. The third-order valence-electron chi connectivity index (χ3n) is 3.33. The molecule has 1 aromatic heterocycles. The monoisotopic (exact) mass is 349 g/mol. The van der Waals surface area contributed by atoms with Gasteiger partial charge in [-0.3, -0.25) is 4.79 Å². The second-order valence-electron chi connectivity index (χ2n) is 5.64. The van der Waals surface area contributed by atoms with E-state index < -0.39 is 0 Å². The summed E-state index contributed by atoms with van der Waals surface area (Å²) in [7, 11) is 0. The molecule has 4 heteroatoms. The summed E-state index contributed by atoms with van der Waals surface area (Å²) in [6.07, 6.45) is 2.56. The largest absolute Gasteiger partial charge is 0.457 e. The van der Waals surface area contributed by atoms with E-state index in [1.165, 1.54) is 11.8 Å². The van der Waals surface area contributed by atoms with Crippen LogP contribution in [0.1, 0.15) is 48.3 Å². The third kappa shape index (κ3) is 4.21. The fourth-order valence-corrected chi connectivity index (χ4v) is 2.65. The molecule has 0 fully saturated rings. The molecule has 1 heterocycles. The molecule has 0 saturated carbocycles. The first-order valence-electron chi connectivity index (χ1n) is 7.10. The van der Waals surface area contributed by atoms with Crippen LogP contribution in [0.2, 0.25) is 0 Å². The van der Waals surface area contributed by atoms with Gasteiger partial charge >= 0.3 is 0 Å². The quantitative estimate of drug-likeness (QED) is 0.847. The van der Waals surface area contributed by atoms with E-state index in [1.54, 1.807) is 6.07 Å². The van der Waals surface area contributed by atoms with Crippen molar-refractivity contribution in [2.75, 3.05) is 0 Å². The van der Waals surface area contributed by atoms with Crippen molar-refractivity contribution in [3.63, 3.8) is 0 Å². The minimum atomic E-state index is -0.144. The van der Waals surface area contributed by atoms with Crippen LogP contribution >= 0.6 is 15.9 Å². The molecule has 1 unspecified atom stereocenters. The summed E-state index contributed by atoms with van der Waals surface area (Å²) < 4.78 is 5.54. The van der Waals surface area contributed by atoms with Gasteiger partial charge in [0.05, 0.1) is 17.9 Å². The normalized spacial score (nSPS) is 12.4. The van der Waals surface area contributed by atoms with Crippen molar-refractivity contribution >= 4 is 21.8 Å². The summed E-state index contributed by atoms with van der Waals surface area (Å²) in [5, 5.41) is 2.97. The molecule has 2 rings (SSSR count). The van der Waals surface area contributed by atoms with Crippen molar-refractivity contribution in [3.05, 3.63) is 58.0 Å². The molecular weight excluding hydrogens is 330 g/mol. The SMILES string of the molecule is CC(C)Cc1ccc(C(C)NC(=O)c2ccoc2Br)cc1. The Balaban J connectivity index is 2.01. The van der Waals surface area contributed by atoms with E-state index >= 15 is 0 Å². The van der Waals surface area contributed by atoms with Gasteiger partial charge in [-0.15, -0.1) is 0 Å². The molecule has 21 heavy (non-hydrogen) atoms. The maximum atomic E-state index is 12.1. The molecule has 1 amide bonds. The molecule has 0 spiro atoms. The molecule has 1 aromatic carbocycles. The van der Waals surface area contributed by atoms with Crippen LogP contribution in [0.5, 0.6) is 0 Å². The van der Waals surface area contributed by atoms with Crippen LogP contribution in [0.4, 0.5) is 0 Å². The summed E-state index contributed by atoms with van der Waals surface area (Å²) in [6.45, 7) is 6.39. The molecular formula is C17H20BrNO2. The average molecular weight is 350 g/mol. The zero-order valence-electron chi connectivity index (χ0n) is 12.5. The Morgan fingerprint density at radius 3 is 2.38 bits per heavy atom. The molecule has 0 bridgehead atoms. The molecule has 1 N–H and O–H groups in total. The van der Waals surface area contributed by atoms with E-state index in [0.29, 0.717) is 16.2 Å². The highest BCUT2D eigenvalue weighted by molar-refractivity contribution is 9.10. The fraction of sp³-hybridized carbons (Fsp3) is 0.353. The number of carbonyl (C=O) groups excluding carboxylic acids is 1. The highest BCUT2D eigenvalue weighted by Gasteiger charge is 2.15. The Bertz CT molecular complexity index is 602. The second kappa shape index (κ2) is 6.94. The average Bonchev–Trinajstić information content (AvgIpc) is 2.85. The van der Waals surface area contributed by atoms with Crippen LogP contribution in [0, 0.1) is 5.92 Å². The van der Waals surface area contributed by atoms with Gasteiger partial charge in [0, 0.05) is 0 Å². The van der Waals surface area contributed by atoms with Crippen LogP contribution < -0.4 is 5.32 Å². The predicted octanol–water partition coefficient (Wildman–Crippen LogP) is 4.73. The van der Waals surface area contributed by atoms with Gasteiger partial charge in [-0.05, 0) is 52.4 Å². The molecule has 1 atom stereocenters. The summed E-state index contributed by atoms with van der Waals surface area (Å²) >= 11 is 3.22. The van der Waals surface area contributed by atoms with E-state index in [1.807, 2.05) is 6.92 Å². The number of nitrogens with one attached hydrogen (secondary N) is 1. The van der Waals surface area contributed by atoms with Crippen LogP contribution in [0.15, 0.2) is 45.7 Å². The molecule has 0 radical (unpaired) electrons. The van der Waals surface area contributed by atoms with Crippen LogP contribution in [0.25, 0.3) is 0 Å². The number of rotatable bonds is 5. The first-order chi connectivity index (χ1) is 9.97. The van der Waals surface area contributed by atoms with Crippen molar-refractivity contribution in [1.82, 2.24) is 5.32 Å². The van der Waals surface area contributed by atoms with Crippen molar-refractivity contribution in [1.29, 1.82) is 0 Å². The lowest BCUT2D eigenvalue weighted by molar-refractivity contribution is 0.0938. The van der Waals surface area contributed by atoms with Gasteiger partial charge < -0.3 is 9.73 Å². The van der Waals surface area contributed by atoms with Crippen LogP contribution in [0.3, 0.4) is 0 Å². The maximum absolute atomic E-state index is 12.1. The highest BCUT2D eigenvalue weighted by Crippen LogP contribution is 2.20. The van der Waals surface area contributed by atoms with Gasteiger partial charge in [0.2, 0.25) is 0 Å². The topological polar surface area (TPSA) is 42.2 Å². The van der Waals surface area contributed by atoms with E-state index in [0.717, 1.165) is 12.0 Å². The van der Waals surface area contributed by atoms with Gasteiger partial charge in [0.1, 0.15) is 0 Å². The Kier molecular flexibility index (Phi) is 5.23. The summed E-state index contributed by atoms with van der Waals surface area (Å²) in [6, 6.07) is 10.0. The van der Waals surface area contributed by atoms with E-state index in [2.05, 4.69) is 59.4 Å². The number of benzene rings is 1. The van der Waals surface area contributed by atoms with Gasteiger partial charge in [0.25, 0.3) is 5.91 Å². The molecule has 3 nitrogen and oxygen atoms in total. The van der Waals surface area contributed by atoms with Gasteiger partial charge in [-0.2, -0.15) is 0 Å². The maximum Gasteiger partial charge on any atom is 0.256 e. The molecule has 0 aliphatic carbocycles. The Morgan fingerprint density at radius 1 is 1.19 bits per heavy atom. The Hall–Kier alpha value is -1.55. The first-order valence-corrected chi connectivity index (χ1v) is 7.89. The van der Waals surface area contributed by atoms with Crippen molar-refractivity contribution in [2.24, 2.45) is 5.92 Å². The lowest BCUT2D eigenvalue weighted by atomic mass is 10.00. The smallest absolute Gasteiger partial charge is 0.256 e. The van der Waals surface area contributed by atoms with Crippen molar-refractivity contribution in [2.45, 2.75) is 33.2 Å². The van der Waals surface area contributed by atoms with E-state index in [-0.39, 0.29) is 11.9 Å². The summed E-state index contributed by atoms with van der Waals surface area (Å²) in [5.74, 6) is 0.501. The minimum Gasteiger partial charge on any atom is -0.457 e. The number of amides is 1. The van der Waals surface area contributed by atoms with Gasteiger partial charge in [0.15, 0.2) is 4.67 Å². The van der Waals surface area contributed by atoms with Crippen molar-refractivity contribution < 1.29 is 9.21 Å². The van der Waals surface area contributed by atoms with Crippen LogP contribution in [-0.4, -0.2) is 5.91 Å². The second-order valence-corrected chi connectivity index (χ2v) is 6.36. The van der Waals surface area contributed by atoms with E-state index in [9.17, 15) is 4.79 Å². The predicted molar refractivity (Wildman–Crippen MR) is 87.3 cm³/mol. The Labute approximate surface area is 133 Å². The number of furan rings is 1. The summed E-state index contributed by atoms with van der Waals surface area (Å²) in [5.41, 5.74) is 2.93. The van der Waals surface area contributed by atoms with Crippen LogP contribution in [-0.2, 0) is 6.42 Å². The zero-order valence-corrected chi connectivity index (χ0v) is 14.1. The first kappa shape index (κ1) is 15.8. The number of carbonyl (C=O) groups is 1. The third-order valence-corrected chi connectivity index (χ3v) is 3.95. The number of hydrogen-bond donors (Lipinski definition) is 1. The fourth-order valence-electron chi connectivity index (χ4n) is 2.23. The lowest BCUT2D eigenvalue weighted by Crippen LogP contribution is -2.26. The van der Waals surface area contributed by atoms with E-state index in [4.69, 9.17) is 4.42 Å². The lowest BCUT2D eigenvalue weighted by Gasteiger charge is -2.15. The zero-order chi connectivity index (χ0) is 15.4. The number of hydrogen-bond acceptors (Lipinski definition) is 2. The highest BCUT2D eigenvalue weighted by atomic mass is 79.9. The molecule has 112 valence electrons. The van der Waals surface area contributed by atoms with Crippen molar-refractivity contribution in [3.8, 4) is 0 Å². The minimum absolute atomic E-state index is 0.0487. The number of halogens is 1. The molecule has 2 aromatic rings. The standard InChI is InChI=1S/C17H20BrNO2/c1-11(2)10-13-4-6-14(7-5-13)12(3)19-17(20)15-8-9-21-16(15)18/h4-9,11-12H,10H2,1-3H3,(H,19,20). The van der Waals surface area contributed by atoms with Gasteiger partial charge in [-0.1, -0.05) is 38.1 Å². The molecule has 0 aliphatic heterocycles.